The molecule has 0 saturated carbocycles. The Morgan fingerprint density at radius 3 is 2.57 bits per heavy atom. The second-order valence-corrected chi connectivity index (χ2v) is 5.33. The zero-order valence-electron chi connectivity index (χ0n) is 12.2. The van der Waals surface area contributed by atoms with Crippen molar-refractivity contribution in [3.05, 3.63) is 64.2 Å². The average molecular weight is 304 g/mol. The summed E-state index contributed by atoms with van der Waals surface area (Å²) in [5, 5.41) is 3.50. The minimum absolute atomic E-state index is 0.0118. The maximum Gasteiger partial charge on any atom is 0.258 e. The average Bonchev–Trinajstić information content (AvgIpc) is 2.48. The number of halogens is 1. The van der Waals surface area contributed by atoms with Crippen molar-refractivity contribution in [3.8, 4) is 5.75 Å². The van der Waals surface area contributed by atoms with Crippen molar-refractivity contribution < 1.29 is 9.53 Å². The molecule has 0 aromatic heterocycles. The molecule has 0 spiro atoms. The van der Waals surface area contributed by atoms with Crippen LogP contribution in [0.5, 0.6) is 5.75 Å². The SMILES string of the molecule is Cc1cccc(OCC(=O)NCc2ccc(Cl)cc2)c1C. The van der Waals surface area contributed by atoms with Crippen molar-refractivity contribution >= 4 is 17.5 Å². The molecule has 2 aromatic carbocycles. The molecule has 0 bridgehead atoms. The molecule has 1 N–H and O–H groups in total. The Morgan fingerprint density at radius 2 is 1.86 bits per heavy atom. The van der Waals surface area contributed by atoms with E-state index < -0.39 is 0 Å². The van der Waals surface area contributed by atoms with Crippen LogP contribution in [-0.2, 0) is 11.3 Å². The summed E-state index contributed by atoms with van der Waals surface area (Å²) in [6.45, 7) is 4.48. The van der Waals surface area contributed by atoms with Crippen molar-refractivity contribution in [2.24, 2.45) is 0 Å². The van der Waals surface area contributed by atoms with Gasteiger partial charge in [-0.2, -0.15) is 0 Å². The molecule has 3 nitrogen and oxygen atoms in total. The highest BCUT2D eigenvalue weighted by molar-refractivity contribution is 6.30. The minimum Gasteiger partial charge on any atom is -0.483 e. The van der Waals surface area contributed by atoms with Gasteiger partial charge in [-0.15, -0.1) is 0 Å². The molecule has 0 heterocycles. The van der Waals surface area contributed by atoms with Gasteiger partial charge in [-0.05, 0) is 48.7 Å². The molecule has 0 aliphatic heterocycles. The Kier molecular flexibility index (Phi) is 5.23. The fourth-order valence-corrected chi connectivity index (χ4v) is 2.00. The maximum absolute atomic E-state index is 11.8. The first-order valence-electron chi connectivity index (χ1n) is 6.76. The summed E-state index contributed by atoms with van der Waals surface area (Å²) >= 11 is 5.81. The number of nitrogens with one attached hydrogen (secondary N) is 1. The van der Waals surface area contributed by atoms with Crippen molar-refractivity contribution in [3.63, 3.8) is 0 Å². The van der Waals surface area contributed by atoms with E-state index in [9.17, 15) is 4.79 Å². The van der Waals surface area contributed by atoms with Crippen molar-refractivity contribution in [1.29, 1.82) is 0 Å². The second kappa shape index (κ2) is 7.14. The maximum atomic E-state index is 11.8. The van der Waals surface area contributed by atoms with E-state index in [-0.39, 0.29) is 12.5 Å². The number of hydrogen-bond acceptors (Lipinski definition) is 2. The molecule has 0 aliphatic carbocycles. The first-order valence-corrected chi connectivity index (χ1v) is 7.14. The van der Waals surface area contributed by atoms with E-state index in [1.165, 1.54) is 0 Å². The monoisotopic (exact) mass is 303 g/mol. The smallest absolute Gasteiger partial charge is 0.258 e. The van der Waals surface area contributed by atoms with Gasteiger partial charge in [0.1, 0.15) is 5.75 Å². The molecule has 0 saturated heterocycles. The summed E-state index contributed by atoms with van der Waals surface area (Å²) in [6, 6.07) is 13.2. The lowest BCUT2D eigenvalue weighted by molar-refractivity contribution is -0.123. The van der Waals surface area contributed by atoms with Gasteiger partial charge in [0, 0.05) is 11.6 Å². The van der Waals surface area contributed by atoms with Crippen LogP contribution in [0.1, 0.15) is 16.7 Å². The minimum atomic E-state index is -0.147. The number of benzene rings is 2. The third kappa shape index (κ3) is 4.50. The topological polar surface area (TPSA) is 38.3 Å². The summed E-state index contributed by atoms with van der Waals surface area (Å²) in [5.41, 5.74) is 3.21. The van der Waals surface area contributed by atoms with E-state index in [0.717, 1.165) is 22.4 Å². The summed E-state index contributed by atoms with van der Waals surface area (Å²) in [5.74, 6) is 0.600. The highest BCUT2D eigenvalue weighted by atomic mass is 35.5. The van der Waals surface area contributed by atoms with Gasteiger partial charge in [0.25, 0.3) is 5.91 Å². The highest BCUT2D eigenvalue weighted by Crippen LogP contribution is 2.20. The van der Waals surface area contributed by atoms with E-state index in [0.29, 0.717) is 11.6 Å². The lowest BCUT2D eigenvalue weighted by atomic mass is 10.1. The number of carbonyl (C=O) groups is 1. The van der Waals surface area contributed by atoms with Crippen LogP contribution in [0.25, 0.3) is 0 Å². The predicted octanol–water partition coefficient (Wildman–Crippen LogP) is 3.65. The van der Waals surface area contributed by atoms with E-state index in [1.54, 1.807) is 12.1 Å². The van der Waals surface area contributed by atoms with Crippen LogP contribution < -0.4 is 10.1 Å². The summed E-state index contributed by atoms with van der Waals surface area (Å²) in [7, 11) is 0. The van der Waals surface area contributed by atoms with Crippen LogP contribution >= 0.6 is 11.6 Å². The zero-order chi connectivity index (χ0) is 15.2. The molecule has 0 fully saturated rings. The molecular weight excluding hydrogens is 286 g/mol. The summed E-state index contributed by atoms with van der Waals surface area (Å²) < 4.78 is 5.55. The number of hydrogen-bond donors (Lipinski definition) is 1. The Labute approximate surface area is 129 Å². The Morgan fingerprint density at radius 1 is 1.14 bits per heavy atom. The first-order chi connectivity index (χ1) is 10.1. The predicted molar refractivity (Wildman–Crippen MR) is 84.7 cm³/mol. The lowest BCUT2D eigenvalue weighted by Gasteiger charge is -2.11. The molecule has 0 radical (unpaired) electrons. The molecule has 2 aromatic rings. The van der Waals surface area contributed by atoms with Crippen molar-refractivity contribution in [1.82, 2.24) is 5.32 Å². The van der Waals surface area contributed by atoms with Crippen LogP contribution in [-0.4, -0.2) is 12.5 Å². The molecule has 0 unspecified atom stereocenters. The standard InChI is InChI=1S/C17H18ClNO2/c1-12-4-3-5-16(13(12)2)21-11-17(20)19-10-14-6-8-15(18)9-7-14/h3-9H,10-11H2,1-2H3,(H,19,20). The van der Waals surface area contributed by atoms with Crippen molar-refractivity contribution in [2.45, 2.75) is 20.4 Å². The van der Waals surface area contributed by atoms with Gasteiger partial charge in [-0.3, -0.25) is 4.79 Å². The number of rotatable bonds is 5. The van der Waals surface area contributed by atoms with Gasteiger partial charge >= 0.3 is 0 Å². The molecule has 0 atom stereocenters. The molecule has 1 amide bonds. The normalized spacial score (nSPS) is 10.2. The van der Waals surface area contributed by atoms with Gasteiger partial charge < -0.3 is 10.1 Å². The van der Waals surface area contributed by atoms with E-state index in [1.807, 2.05) is 44.2 Å². The second-order valence-electron chi connectivity index (χ2n) is 4.89. The van der Waals surface area contributed by atoms with E-state index in [4.69, 9.17) is 16.3 Å². The van der Waals surface area contributed by atoms with Gasteiger partial charge in [-0.25, -0.2) is 0 Å². The van der Waals surface area contributed by atoms with Gasteiger partial charge in [0.2, 0.25) is 0 Å². The Balaban J connectivity index is 1.82. The third-order valence-electron chi connectivity index (χ3n) is 3.32. The highest BCUT2D eigenvalue weighted by Gasteiger charge is 2.06. The van der Waals surface area contributed by atoms with Gasteiger partial charge in [-0.1, -0.05) is 35.9 Å². The Hall–Kier alpha value is -2.00. The van der Waals surface area contributed by atoms with E-state index in [2.05, 4.69) is 5.32 Å². The zero-order valence-corrected chi connectivity index (χ0v) is 12.9. The fraction of sp³-hybridized carbons (Fsp3) is 0.235. The van der Waals surface area contributed by atoms with Crippen LogP contribution in [0, 0.1) is 13.8 Å². The largest absolute Gasteiger partial charge is 0.483 e. The van der Waals surface area contributed by atoms with E-state index >= 15 is 0 Å². The third-order valence-corrected chi connectivity index (χ3v) is 3.57. The van der Waals surface area contributed by atoms with Crippen molar-refractivity contribution in [2.75, 3.05) is 6.61 Å². The van der Waals surface area contributed by atoms with Crippen LogP contribution in [0.3, 0.4) is 0 Å². The molecule has 2 rings (SSSR count). The summed E-state index contributed by atoms with van der Waals surface area (Å²) in [6.07, 6.45) is 0. The molecule has 110 valence electrons. The number of ether oxygens (including phenoxy) is 1. The number of amides is 1. The quantitative estimate of drug-likeness (QED) is 0.915. The molecule has 21 heavy (non-hydrogen) atoms. The molecule has 0 aliphatic rings. The number of carbonyl (C=O) groups excluding carboxylic acids is 1. The van der Waals surface area contributed by atoms with Crippen LogP contribution in [0.4, 0.5) is 0 Å². The fourth-order valence-electron chi connectivity index (χ4n) is 1.88. The van der Waals surface area contributed by atoms with Gasteiger partial charge in [0.05, 0.1) is 0 Å². The first kappa shape index (κ1) is 15.4. The Bertz CT molecular complexity index is 623. The molecular formula is C17H18ClNO2. The molecule has 4 heteroatoms. The number of aryl methyl sites for hydroxylation is 1. The van der Waals surface area contributed by atoms with Crippen LogP contribution in [0.2, 0.25) is 5.02 Å². The van der Waals surface area contributed by atoms with Crippen LogP contribution in [0.15, 0.2) is 42.5 Å². The lowest BCUT2D eigenvalue weighted by Crippen LogP contribution is -2.28. The summed E-state index contributed by atoms with van der Waals surface area (Å²) in [4.78, 5) is 11.8. The van der Waals surface area contributed by atoms with Gasteiger partial charge in [0.15, 0.2) is 6.61 Å².